The Morgan fingerprint density at radius 1 is 1.28 bits per heavy atom. The first-order chi connectivity index (χ1) is 8.56. The quantitative estimate of drug-likeness (QED) is 0.755. The molecule has 94 valence electrons. The molecule has 1 aromatic heterocycles. The Balaban J connectivity index is 2.09. The monoisotopic (exact) mass is 387 g/mol. The van der Waals surface area contributed by atoms with Gasteiger partial charge in [-0.1, -0.05) is 22.0 Å². The highest BCUT2D eigenvalue weighted by Gasteiger charge is 2.12. The number of rotatable bonds is 3. The molecular formula is C13H11Br2NOS. The predicted molar refractivity (Wildman–Crippen MR) is 82.0 cm³/mol. The average molecular weight is 389 g/mol. The number of nitrogens with zero attached hydrogens (tertiary/aromatic N) is 1. The van der Waals surface area contributed by atoms with E-state index in [-0.39, 0.29) is 5.91 Å². The van der Waals surface area contributed by atoms with Crippen LogP contribution >= 0.6 is 43.2 Å². The van der Waals surface area contributed by atoms with Gasteiger partial charge in [0.25, 0.3) is 5.91 Å². The van der Waals surface area contributed by atoms with Crippen molar-refractivity contribution in [3.63, 3.8) is 0 Å². The van der Waals surface area contributed by atoms with E-state index in [1.165, 1.54) is 0 Å². The Hall–Kier alpha value is -0.650. The van der Waals surface area contributed by atoms with Crippen molar-refractivity contribution >= 4 is 49.1 Å². The fourth-order valence-electron chi connectivity index (χ4n) is 1.58. The van der Waals surface area contributed by atoms with Crippen molar-refractivity contribution in [3.05, 3.63) is 55.1 Å². The number of carbonyl (C=O) groups excluding carboxylic acids is 1. The maximum Gasteiger partial charge on any atom is 0.253 e. The second kappa shape index (κ2) is 5.99. The van der Waals surface area contributed by atoms with Crippen molar-refractivity contribution in [1.29, 1.82) is 0 Å². The van der Waals surface area contributed by atoms with Gasteiger partial charge in [0.05, 0.1) is 10.3 Å². The van der Waals surface area contributed by atoms with Crippen LogP contribution in [0, 0.1) is 0 Å². The van der Waals surface area contributed by atoms with E-state index < -0.39 is 0 Å². The van der Waals surface area contributed by atoms with E-state index in [2.05, 4.69) is 31.9 Å². The maximum absolute atomic E-state index is 12.2. The molecule has 0 saturated carbocycles. The van der Waals surface area contributed by atoms with Crippen LogP contribution in [0.3, 0.4) is 0 Å². The zero-order valence-corrected chi connectivity index (χ0v) is 13.7. The predicted octanol–water partition coefficient (Wildman–Crippen LogP) is 4.55. The topological polar surface area (TPSA) is 20.3 Å². The summed E-state index contributed by atoms with van der Waals surface area (Å²) in [6, 6.07) is 11.5. The molecule has 0 aliphatic carbocycles. The van der Waals surface area contributed by atoms with Gasteiger partial charge in [0.15, 0.2) is 0 Å². The summed E-state index contributed by atoms with van der Waals surface area (Å²) in [5, 5.41) is 0. The van der Waals surface area contributed by atoms with Crippen LogP contribution in [0.1, 0.15) is 15.2 Å². The molecule has 0 spiro atoms. The largest absolute Gasteiger partial charge is 0.337 e. The van der Waals surface area contributed by atoms with Gasteiger partial charge < -0.3 is 4.90 Å². The number of benzene rings is 1. The number of hydrogen-bond donors (Lipinski definition) is 0. The summed E-state index contributed by atoms with van der Waals surface area (Å²) in [6.45, 7) is 0.627. The van der Waals surface area contributed by atoms with Crippen LogP contribution in [0.4, 0.5) is 0 Å². The van der Waals surface area contributed by atoms with Gasteiger partial charge in [0.1, 0.15) is 0 Å². The zero-order chi connectivity index (χ0) is 13.1. The average Bonchev–Trinajstić information content (AvgIpc) is 2.73. The SMILES string of the molecule is CN(Cc1ccc(Br)s1)C(=O)c1cccc(Br)c1. The van der Waals surface area contributed by atoms with Gasteiger partial charge in [-0.2, -0.15) is 0 Å². The summed E-state index contributed by atoms with van der Waals surface area (Å²) >= 11 is 8.44. The Kier molecular flexibility index (Phi) is 4.59. The van der Waals surface area contributed by atoms with Crippen LogP contribution in [0.25, 0.3) is 0 Å². The lowest BCUT2D eigenvalue weighted by Crippen LogP contribution is -2.25. The number of halogens is 2. The smallest absolute Gasteiger partial charge is 0.253 e. The van der Waals surface area contributed by atoms with Crippen molar-refractivity contribution in [1.82, 2.24) is 4.90 Å². The van der Waals surface area contributed by atoms with E-state index in [0.717, 1.165) is 13.1 Å². The van der Waals surface area contributed by atoms with Crippen molar-refractivity contribution in [2.45, 2.75) is 6.54 Å². The molecule has 2 nitrogen and oxygen atoms in total. The molecule has 0 fully saturated rings. The minimum absolute atomic E-state index is 0.0285. The first-order valence-electron chi connectivity index (χ1n) is 5.31. The minimum atomic E-state index is 0.0285. The van der Waals surface area contributed by atoms with Crippen molar-refractivity contribution in [2.75, 3.05) is 7.05 Å². The van der Waals surface area contributed by atoms with E-state index in [9.17, 15) is 4.79 Å². The number of thiophene rings is 1. The van der Waals surface area contributed by atoms with Gasteiger partial charge in [0, 0.05) is 22.0 Å². The molecule has 2 rings (SSSR count). The van der Waals surface area contributed by atoms with Gasteiger partial charge in [-0.15, -0.1) is 11.3 Å². The first kappa shape index (κ1) is 13.8. The molecule has 0 unspecified atom stereocenters. The van der Waals surface area contributed by atoms with Crippen LogP contribution in [0.15, 0.2) is 44.7 Å². The summed E-state index contributed by atoms with van der Waals surface area (Å²) in [7, 11) is 1.82. The van der Waals surface area contributed by atoms with Gasteiger partial charge in [-0.05, 0) is 46.3 Å². The van der Waals surface area contributed by atoms with E-state index in [1.54, 1.807) is 16.2 Å². The maximum atomic E-state index is 12.2. The van der Waals surface area contributed by atoms with E-state index in [0.29, 0.717) is 12.1 Å². The standard InChI is InChI=1S/C13H11Br2NOS/c1-16(8-11-5-6-12(15)18-11)13(17)9-3-2-4-10(14)7-9/h2-7H,8H2,1H3. The van der Waals surface area contributed by atoms with Crippen LogP contribution in [-0.4, -0.2) is 17.9 Å². The molecule has 0 atom stereocenters. The third-order valence-corrected chi connectivity index (χ3v) is 4.54. The highest BCUT2D eigenvalue weighted by atomic mass is 79.9. The Bertz CT molecular complexity index is 568. The lowest BCUT2D eigenvalue weighted by Gasteiger charge is -2.16. The Labute approximate surface area is 127 Å². The molecule has 0 bridgehead atoms. The molecule has 1 heterocycles. The summed E-state index contributed by atoms with van der Waals surface area (Å²) in [6.07, 6.45) is 0. The summed E-state index contributed by atoms with van der Waals surface area (Å²) in [5.74, 6) is 0.0285. The number of amides is 1. The molecular weight excluding hydrogens is 378 g/mol. The van der Waals surface area contributed by atoms with Crippen molar-refractivity contribution < 1.29 is 4.79 Å². The molecule has 0 aliphatic heterocycles. The van der Waals surface area contributed by atoms with Crippen LogP contribution < -0.4 is 0 Å². The second-order valence-corrected chi connectivity index (χ2v) is 7.34. The molecule has 1 aromatic carbocycles. The highest BCUT2D eigenvalue weighted by Crippen LogP contribution is 2.23. The third kappa shape index (κ3) is 3.43. The van der Waals surface area contributed by atoms with E-state index in [4.69, 9.17) is 0 Å². The summed E-state index contributed by atoms with van der Waals surface area (Å²) < 4.78 is 2.00. The van der Waals surface area contributed by atoms with Crippen LogP contribution in [-0.2, 0) is 6.54 Å². The molecule has 0 aliphatic rings. The molecule has 0 saturated heterocycles. The van der Waals surface area contributed by atoms with Crippen LogP contribution in [0.2, 0.25) is 0 Å². The van der Waals surface area contributed by atoms with Crippen molar-refractivity contribution in [3.8, 4) is 0 Å². The number of hydrogen-bond acceptors (Lipinski definition) is 2. The van der Waals surface area contributed by atoms with Gasteiger partial charge >= 0.3 is 0 Å². The van der Waals surface area contributed by atoms with E-state index in [1.807, 2.05) is 43.4 Å². The number of carbonyl (C=O) groups is 1. The summed E-state index contributed by atoms with van der Waals surface area (Å²) in [5.41, 5.74) is 0.697. The fraction of sp³-hybridized carbons (Fsp3) is 0.154. The Morgan fingerprint density at radius 2 is 2.06 bits per heavy atom. The molecule has 18 heavy (non-hydrogen) atoms. The lowest BCUT2D eigenvalue weighted by molar-refractivity contribution is 0.0786. The highest BCUT2D eigenvalue weighted by molar-refractivity contribution is 9.11. The summed E-state index contributed by atoms with van der Waals surface area (Å²) in [4.78, 5) is 15.1. The fourth-order valence-corrected chi connectivity index (χ4v) is 3.52. The van der Waals surface area contributed by atoms with Crippen molar-refractivity contribution in [2.24, 2.45) is 0 Å². The third-order valence-electron chi connectivity index (χ3n) is 2.44. The zero-order valence-electron chi connectivity index (χ0n) is 9.69. The van der Waals surface area contributed by atoms with Crippen LogP contribution in [0.5, 0.6) is 0 Å². The van der Waals surface area contributed by atoms with E-state index >= 15 is 0 Å². The first-order valence-corrected chi connectivity index (χ1v) is 7.72. The van der Waals surface area contributed by atoms with Gasteiger partial charge in [-0.25, -0.2) is 0 Å². The second-order valence-electron chi connectivity index (χ2n) is 3.88. The minimum Gasteiger partial charge on any atom is -0.337 e. The molecule has 2 aromatic rings. The molecule has 5 heteroatoms. The van der Waals surface area contributed by atoms with Gasteiger partial charge in [-0.3, -0.25) is 4.79 Å². The van der Waals surface area contributed by atoms with Gasteiger partial charge in [0.2, 0.25) is 0 Å². The molecule has 0 N–H and O–H groups in total. The normalized spacial score (nSPS) is 10.4. The lowest BCUT2D eigenvalue weighted by atomic mass is 10.2. The molecule has 1 amide bonds. The Morgan fingerprint density at radius 3 is 2.67 bits per heavy atom. The molecule has 0 radical (unpaired) electrons.